The Morgan fingerprint density at radius 3 is 2.87 bits per heavy atom. The number of rotatable bonds is 4. The number of hydrogen-bond acceptors (Lipinski definition) is 5. The van der Waals surface area contributed by atoms with Gasteiger partial charge >= 0.3 is 0 Å². The topological polar surface area (TPSA) is 56.3 Å². The van der Waals surface area contributed by atoms with Gasteiger partial charge in [-0.3, -0.25) is 0 Å². The van der Waals surface area contributed by atoms with E-state index in [2.05, 4.69) is 51.9 Å². The van der Waals surface area contributed by atoms with Crippen molar-refractivity contribution in [1.29, 1.82) is 5.26 Å². The minimum atomic E-state index is 0.314. The van der Waals surface area contributed by atoms with Crippen molar-refractivity contribution in [3.05, 3.63) is 22.5 Å². The first-order chi connectivity index (χ1) is 11.0. The summed E-state index contributed by atoms with van der Waals surface area (Å²) in [4.78, 5) is 9.08. The first kappa shape index (κ1) is 16.3. The fraction of sp³-hybridized carbons (Fsp3) is 0.529. The number of hydrogen-bond donors (Lipinski definition) is 0. The van der Waals surface area contributed by atoms with E-state index in [0.717, 1.165) is 28.1 Å². The number of furan rings is 1. The molecule has 0 aromatic carbocycles. The second kappa shape index (κ2) is 6.50. The highest BCUT2D eigenvalue weighted by Crippen LogP contribution is 2.37. The Labute approximate surface area is 145 Å². The summed E-state index contributed by atoms with van der Waals surface area (Å²) in [7, 11) is 6.37. The molecule has 1 saturated carbocycles. The molecule has 23 heavy (non-hydrogen) atoms. The fourth-order valence-electron chi connectivity index (χ4n) is 3.53. The van der Waals surface area contributed by atoms with E-state index in [1.165, 1.54) is 19.3 Å². The Hall–Kier alpha value is -1.58. The van der Waals surface area contributed by atoms with Gasteiger partial charge in [-0.15, -0.1) is 0 Å². The molecule has 2 heterocycles. The number of halogens is 1. The van der Waals surface area contributed by atoms with E-state index in [4.69, 9.17) is 9.68 Å². The number of nitrogens with zero attached hydrogens (tertiary/aromatic N) is 4. The molecule has 1 aliphatic carbocycles. The zero-order valence-electron chi connectivity index (χ0n) is 13.7. The van der Waals surface area contributed by atoms with Crippen LogP contribution < -0.4 is 4.90 Å². The Morgan fingerprint density at radius 2 is 2.17 bits per heavy atom. The van der Waals surface area contributed by atoms with Gasteiger partial charge in [0, 0.05) is 31.1 Å². The summed E-state index contributed by atoms with van der Waals surface area (Å²) in [6, 6.07) is 4.31. The molecule has 2 aromatic rings. The monoisotopic (exact) mass is 376 g/mol. The maximum atomic E-state index is 8.99. The summed E-state index contributed by atoms with van der Waals surface area (Å²) in [6.45, 7) is 1.14. The second-order valence-electron chi connectivity index (χ2n) is 6.60. The van der Waals surface area contributed by atoms with Crippen molar-refractivity contribution >= 4 is 32.7 Å². The van der Waals surface area contributed by atoms with Gasteiger partial charge in [-0.2, -0.15) is 5.26 Å². The van der Waals surface area contributed by atoms with Crippen LogP contribution in [0, 0.1) is 17.2 Å². The highest BCUT2D eigenvalue weighted by Gasteiger charge is 2.29. The first-order valence-electron chi connectivity index (χ1n) is 7.85. The van der Waals surface area contributed by atoms with Crippen molar-refractivity contribution in [2.45, 2.75) is 25.3 Å². The van der Waals surface area contributed by atoms with E-state index in [1.54, 1.807) is 12.3 Å². The van der Waals surface area contributed by atoms with Crippen molar-refractivity contribution in [3.8, 4) is 6.07 Å². The van der Waals surface area contributed by atoms with Gasteiger partial charge in [-0.25, -0.2) is 4.98 Å². The molecule has 2 aromatic heterocycles. The molecule has 0 amide bonds. The van der Waals surface area contributed by atoms with E-state index < -0.39 is 0 Å². The lowest BCUT2D eigenvalue weighted by Crippen LogP contribution is -2.31. The van der Waals surface area contributed by atoms with Gasteiger partial charge in [0.2, 0.25) is 5.76 Å². The molecular formula is C17H21BrN4O. The van der Waals surface area contributed by atoms with Crippen molar-refractivity contribution in [2.24, 2.45) is 5.92 Å². The van der Waals surface area contributed by atoms with Gasteiger partial charge in [-0.05, 0) is 55.2 Å². The molecule has 0 bridgehead atoms. The number of anilines is 1. The molecule has 5 nitrogen and oxygen atoms in total. The summed E-state index contributed by atoms with van der Waals surface area (Å²) in [5, 5.41) is 9.89. The van der Waals surface area contributed by atoms with Crippen LogP contribution in [0.4, 0.5) is 5.82 Å². The third kappa shape index (κ3) is 3.22. The zero-order valence-corrected chi connectivity index (χ0v) is 15.3. The van der Waals surface area contributed by atoms with Crippen LogP contribution in [0.1, 0.15) is 25.0 Å². The average molecular weight is 377 g/mol. The number of nitriles is 1. The summed E-state index contributed by atoms with van der Waals surface area (Å²) in [5.41, 5.74) is 0.641. The lowest BCUT2D eigenvalue weighted by Gasteiger charge is -2.27. The van der Waals surface area contributed by atoms with Crippen LogP contribution in [0.25, 0.3) is 11.0 Å². The van der Waals surface area contributed by atoms with Crippen molar-refractivity contribution < 1.29 is 4.42 Å². The van der Waals surface area contributed by atoms with Crippen LogP contribution >= 0.6 is 15.9 Å². The Balaban J connectivity index is 1.83. The number of pyridine rings is 1. The third-order valence-electron chi connectivity index (χ3n) is 4.63. The summed E-state index contributed by atoms with van der Waals surface area (Å²) in [5.74, 6) is 1.98. The molecule has 0 radical (unpaired) electrons. The highest BCUT2D eigenvalue weighted by atomic mass is 79.9. The van der Waals surface area contributed by atoms with Crippen molar-refractivity contribution in [1.82, 2.24) is 9.88 Å². The number of aromatic nitrogens is 1. The molecule has 3 rings (SSSR count). The minimum Gasteiger partial charge on any atom is -0.444 e. The Morgan fingerprint density at radius 1 is 1.39 bits per heavy atom. The summed E-state index contributed by atoms with van der Waals surface area (Å²) < 4.78 is 6.34. The Bertz CT molecular complexity index is 749. The second-order valence-corrected chi connectivity index (χ2v) is 7.40. The molecule has 0 spiro atoms. The first-order valence-corrected chi connectivity index (χ1v) is 8.64. The van der Waals surface area contributed by atoms with Crippen LogP contribution in [0.5, 0.6) is 0 Å². The largest absolute Gasteiger partial charge is 0.444 e. The van der Waals surface area contributed by atoms with Gasteiger partial charge in [0.1, 0.15) is 11.9 Å². The fourth-order valence-corrected chi connectivity index (χ4v) is 4.22. The molecule has 2 unspecified atom stereocenters. The zero-order chi connectivity index (χ0) is 16.6. The normalized spacial score (nSPS) is 21.0. The predicted octanol–water partition coefficient (Wildman–Crippen LogP) is 3.63. The van der Waals surface area contributed by atoms with Gasteiger partial charge in [-0.1, -0.05) is 0 Å². The minimum absolute atomic E-state index is 0.314. The SMILES string of the molecule is CN(C)CC1CCC(N(C)c2ncc3oc(C#N)cc3c2Br)C1. The molecule has 6 heteroatoms. The van der Waals surface area contributed by atoms with Crippen LogP contribution in [-0.4, -0.2) is 43.6 Å². The van der Waals surface area contributed by atoms with Gasteiger partial charge in [0.05, 0.1) is 10.7 Å². The maximum absolute atomic E-state index is 8.99. The van der Waals surface area contributed by atoms with Crippen molar-refractivity contribution in [2.75, 3.05) is 32.6 Å². The summed E-state index contributed by atoms with van der Waals surface area (Å²) in [6.07, 6.45) is 5.35. The molecule has 0 N–H and O–H groups in total. The molecule has 1 aliphatic rings. The smallest absolute Gasteiger partial charge is 0.204 e. The average Bonchev–Trinajstić information content (AvgIpc) is 3.13. The van der Waals surface area contributed by atoms with Gasteiger partial charge in [0.15, 0.2) is 5.58 Å². The van der Waals surface area contributed by atoms with Gasteiger partial charge < -0.3 is 14.2 Å². The molecular weight excluding hydrogens is 356 g/mol. The Kier molecular flexibility index (Phi) is 4.60. The highest BCUT2D eigenvalue weighted by molar-refractivity contribution is 9.10. The van der Waals surface area contributed by atoms with E-state index in [0.29, 0.717) is 17.4 Å². The predicted molar refractivity (Wildman–Crippen MR) is 94.5 cm³/mol. The van der Waals surface area contributed by atoms with Crippen LogP contribution in [0.3, 0.4) is 0 Å². The number of fused-ring (bicyclic) bond motifs is 1. The third-order valence-corrected chi connectivity index (χ3v) is 5.41. The molecule has 1 fully saturated rings. The van der Waals surface area contributed by atoms with Crippen LogP contribution in [-0.2, 0) is 0 Å². The maximum Gasteiger partial charge on any atom is 0.204 e. The quantitative estimate of drug-likeness (QED) is 0.815. The standard InChI is InChI=1S/C17H21BrN4O/c1-21(2)10-11-4-5-12(6-11)22(3)17-16(18)14-7-13(8-19)23-15(14)9-20-17/h7,9,11-12H,4-6,10H2,1-3H3. The van der Waals surface area contributed by atoms with Gasteiger partial charge in [0.25, 0.3) is 0 Å². The lowest BCUT2D eigenvalue weighted by molar-refractivity contribution is 0.326. The molecule has 122 valence electrons. The van der Waals surface area contributed by atoms with Crippen LogP contribution in [0.2, 0.25) is 0 Å². The summed E-state index contributed by atoms with van der Waals surface area (Å²) >= 11 is 3.65. The lowest BCUT2D eigenvalue weighted by atomic mass is 10.1. The molecule has 0 aliphatic heterocycles. The van der Waals surface area contributed by atoms with Crippen LogP contribution in [0.15, 0.2) is 21.2 Å². The van der Waals surface area contributed by atoms with E-state index >= 15 is 0 Å². The van der Waals surface area contributed by atoms with E-state index in [9.17, 15) is 0 Å². The molecule has 0 saturated heterocycles. The van der Waals surface area contributed by atoms with E-state index in [1.807, 2.05) is 6.07 Å². The van der Waals surface area contributed by atoms with Crippen molar-refractivity contribution in [3.63, 3.8) is 0 Å². The van der Waals surface area contributed by atoms with E-state index in [-0.39, 0.29) is 0 Å². The molecule has 2 atom stereocenters.